The van der Waals surface area contributed by atoms with Gasteiger partial charge in [-0.25, -0.2) is 0 Å². The first kappa shape index (κ1) is 11.7. The lowest BCUT2D eigenvalue weighted by Gasteiger charge is -2.08. The van der Waals surface area contributed by atoms with Crippen LogP contribution >= 0.6 is 15.9 Å². The summed E-state index contributed by atoms with van der Waals surface area (Å²) in [4.78, 5) is 11.7. The number of carbonyl (C=O) groups is 1. The Hall–Kier alpha value is -1.76. The number of aromatic amines is 1. The quantitative estimate of drug-likeness (QED) is 0.885. The number of anilines is 1. The molecule has 2 rings (SSSR count). The van der Waals surface area contributed by atoms with Gasteiger partial charge < -0.3 is 5.32 Å². The fourth-order valence-electron chi connectivity index (χ4n) is 1.46. The standard InChI is InChI=1S/C10H10BrN5O/c1-5-3-7(4-6(2)8(5)11)12-10(17)9-13-15-16-14-9/h3-4H,1-2H3,(H,12,17)(H,13,14,15,16). The van der Waals surface area contributed by atoms with Crippen LogP contribution in [0.25, 0.3) is 0 Å². The Morgan fingerprint density at radius 1 is 1.35 bits per heavy atom. The normalized spacial score (nSPS) is 10.3. The lowest BCUT2D eigenvalue weighted by molar-refractivity contribution is 0.101. The number of halogens is 1. The number of amides is 1. The number of nitrogens with one attached hydrogen (secondary N) is 2. The number of nitrogens with zero attached hydrogens (tertiary/aromatic N) is 3. The van der Waals surface area contributed by atoms with E-state index in [1.807, 2.05) is 26.0 Å². The van der Waals surface area contributed by atoms with Gasteiger partial charge in [0.05, 0.1) is 0 Å². The molecule has 2 aromatic rings. The predicted molar refractivity (Wildman–Crippen MR) is 65.7 cm³/mol. The zero-order chi connectivity index (χ0) is 12.4. The molecule has 0 aliphatic rings. The van der Waals surface area contributed by atoms with E-state index in [9.17, 15) is 4.79 Å². The Balaban J connectivity index is 2.22. The van der Waals surface area contributed by atoms with Gasteiger partial charge >= 0.3 is 0 Å². The first-order chi connectivity index (χ1) is 8.08. The number of hydrogen-bond acceptors (Lipinski definition) is 4. The summed E-state index contributed by atoms with van der Waals surface area (Å²) in [5.41, 5.74) is 2.81. The molecule has 1 heterocycles. The highest BCUT2D eigenvalue weighted by molar-refractivity contribution is 9.10. The van der Waals surface area contributed by atoms with Crippen LogP contribution in [0.15, 0.2) is 16.6 Å². The van der Waals surface area contributed by atoms with Crippen molar-refractivity contribution in [1.29, 1.82) is 0 Å². The van der Waals surface area contributed by atoms with Crippen LogP contribution in [-0.4, -0.2) is 26.5 Å². The molecule has 88 valence electrons. The van der Waals surface area contributed by atoms with Gasteiger partial charge in [0.2, 0.25) is 0 Å². The Morgan fingerprint density at radius 2 is 2.00 bits per heavy atom. The third-order valence-corrected chi connectivity index (χ3v) is 3.49. The molecule has 1 aromatic heterocycles. The molecule has 0 radical (unpaired) electrons. The van der Waals surface area contributed by atoms with Crippen LogP contribution in [0.5, 0.6) is 0 Å². The molecular formula is C10H10BrN5O. The predicted octanol–water partition coefficient (Wildman–Crippen LogP) is 1.83. The number of carbonyl (C=O) groups excluding carboxylic acids is 1. The summed E-state index contributed by atoms with van der Waals surface area (Å²) in [6, 6.07) is 3.74. The molecule has 0 fully saturated rings. The number of hydrogen-bond donors (Lipinski definition) is 2. The van der Waals surface area contributed by atoms with Crippen LogP contribution in [0, 0.1) is 13.8 Å². The molecular weight excluding hydrogens is 286 g/mol. The average Bonchev–Trinajstić information content (AvgIpc) is 2.79. The van der Waals surface area contributed by atoms with E-state index >= 15 is 0 Å². The van der Waals surface area contributed by atoms with Crippen LogP contribution < -0.4 is 5.32 Å². The molecule has 0 bridgehead atoms. The van der Waals surface area contributed by atoms with E-state index in [-0.39, 0.29) is 11.7 Å². The summed E-state index contributed by atoms with van der Waals surface area (Å²) >= 11 is 3.47. The van der Waals surface area contributed by atoms with Crippen molar-refractivity contribution >= 4 is 27.5 Å². The first-order valence-corrected chi connectivity index (χ1v) is 5.69. The van der Waals surface area contributed by atoms with Crippen molar-refractivity contribution in [3.63, 3.8) is 0 Å². The molecule has 0 atom stereocenters. The molecule has 7 heteroatoms. The maximum Gasteiger partial charge on any atom is 0.297 e. The van der Waals surface area contributed by atoms with Gasteiger partial charge in [0.1, 0.15) is 0 Å². The number of tetrazole rings is 1. The highest BCUT2D eigenvalue weighted by Crippen LogP contribution is 2.25. The highest BCUT2D eigenvalue weighted by atomic mass is 79.9. The minimum Gasteiger partial charge on any atom is -0.319 e. The summed E-state index contributed by atoms with van der Waals surface area (Å²) in [5.74, 6) is -0.372. The lowest BCUT2D eigenvalue weighted by atomic mass is 10.1. The van der Waals surface area contributed by atoms with Gasteiger partial charge in [-0.15, -0.1) is 10.2 Å². The van der Waals surface area contributed by atoms with E-state index in [4.69, 9.17) is 0 Å². The molecule has 1 amide bonds. The molecule has 0 saturated carbocycles. The molecule has 0 aliphatic heterocycles. The number of aryl methyl sites for hydroxylation is 2. The smallest absolute Gasteiger partial charge is 0.297 e. The Morgan fingerprint density at radius 3 is 2.53 bits per heavy atom. The Kier molecular flexibility index (Phi) is 3.19. The second-order valence-corrected chi connectivity index (χ2v) is 4.41. The van der Waals surface area contributed by atoms with Crippen LogP contribution in [0.2, 0.25) is 0 Å². The largest absolute Gasteiger partial charge is 0.319 e. The lowest BCUT2D eigenvalue weighted by Crippen LogP contribution is -2.14. The molecule has 1 aromatic carbocycles. The topological polar surface area (TPSA) is 83.6 Å². The maximum absolute atomic E-state index is 11.7. The van der Waals surface area contributed by atoms with Gasteiger partial charge in [0.25, 0.3) is 11.7 Å². The van der Waals surface area contributed by atoms with Crippen molar-refractivity contribution in [3.8, 4) is 0 Å². The van der Waals surface area contributed by atoms with Crippen molar-refractivity contribution in [1.82, 2.24) is 20.6 Å². The number of H-pyrrole nitrogens is 1. The van der Waals surface area contributed by atoms with Crippen molar-refractivity contribution < 1.29 is 4.79 Å². The van der Waals surface area contributed by atoms with E-state index < -0.39 is 0 Å². The van der Waals surface area contributed by atoms with Gasteiger partial charge in [0.15, 0.2) is 0 Å². The molecule has 0 unspecified atom stereocenters. The number of rotatable bonds is 2. The molecule has 6 nitrogen and oxygen atoms in total. The van der Waals surface area contributed by atoms with Crippen molar-refractivity contribution in [2.75, 3.05) is 5.32 Å². The molecule has 2 N–H and O–H groups in total. The van der Waals surface area contributed by atoms with E-state index in [1.165, 1.54) is 0 Å². The summed E-state index contributed by atoms with van der Waals surface area (Å²) in [7, 11) is 0. The van der Waals surface area contributed by atoms with Gasteiger partial charge in [-0.05, 0) is 42.3 Å². The summed E-state index contributed by atoms with van der Waals surface area (Å²) < 4.78 is 1.04. The Labute approximate surface area is 106 Å². The van der Waals surface area contributed by atoms with Crippen LogP contribution in [0.1, 0.15) is 21.7 Å². The molecule has 0 saturated heterocycles. The minimum absolute atomic E-state index is 0.0169. The van der Waals surface area contributed by atoms with Crippen molar-refractivity contribution in [3.05, 3.63) is 33.6 Å². The van der Waals surface area contributed by atoms with Crippen LogP contribution in [0.3, 0.4) is 0 Å². The van der Waals surface area contributed by atoms with E-state index in [2.05, 4.69) is 41.9 Å². The third-order valence-electron chi connectivity index (χ3n) is 2.24. The summed E-state index contributed by atoms with van der Waals surface area (Å²) in [6.07, 6.45) is 0. The fraction of sp³-hybridized carbons (Fsp3) is 0.200. The third kappa shape index (κ3) is 2.50. The molecule has 17 heavy (non-hydrogen) atoms. The monoisotopic (exact) mass is 295 g/mol. The highest BCUT2D eigenvalue weighted by Gasteiger charge is 2.11. The molecule has 0 spiro atoms. The first-order valence-electron chi connectivity index (χ1n) is 4.89. The second kappa shape index (κ2) is 4.62. The fourth-order valence-corrected chi connectivity index (χ4v) is 1.69. The van der Waals surface area contributed by atoms with E-state index in [1.54, 1.807) is 0 Å². The average molecular weight is 296 g/mol. The zero-order valence-corrected chi connectivity index (χ0v) is 10.9. The van der Waals surface area contributed by atoms with Gasteiger partial charge in [-0.1, -0.05) is 15.9 Å². The minimum atomic E-state index is -0.389. The van der Waals surface area contributed by atoms with Crippen molar-refractivity contribution in [2.45, 2.75) is 13.8 Å². The Bertz CT molecular complexity index is 529. The molecule has 0 aliphatic carbocycles. The van der Waals surface area contributed by atoms with Crippen LogP contribution in [0.4, 0.5) is 5.69 Å². The zero-order valence-electron chi connectivity index (χ0n) is 9.28. The van der Waals surface area contributed by atoms with Gasteiger partial charge in [0, 0.05) is 10.2 Å². The van der Waals surface area contributed by atoms with Crippen molar-refractivity contribution in [2.24, 2.45) is 0 Å². The maximum atomic E-state index is 11.7. The SMILES string of the molecule is Cc1cc(NC(=O)c2nn[nH]n2)cc(C)c1Br. The summed E-state index contributed by atoms with van der Waals surface area (Å²) in [5, 5.41) is 15.5. The second-order valence-electron chi connectivity index (χ2n) is 3.61. The number of aromatic nitrogens is 4. The van der Waals surface area contributed by atoms with E-state index in [0.29, 0.717) is 5.69 Å². The van der Waals surface area contributed by atoms with Gasteiger partial charge in [-0.2, -0.15) is 5.21 Å². The van der Waals surface area contributed by atoms with Gasteiger partial charge in [-0.3, -0.25) is 4.79 Å². The summed E-state index contributed by atoms with van der Waals surface area (Å²) in [6.45, 7) is 3.92. The number of benzene rings is 1. The van der Waals surface area contributed by atoms with E-state index in [0.717, 1.165) is 15.6 Å². The van der Waals surface area contributed by atoms with Crippen LogP contribution in [-0.2, 0) is 0 Å².